The Morgan fingerprint density at radius 1 is 1.15 bits per heavy atom. The summed E-state index contributed by atoms with van der Waals surface area (Å²) >= 11 is 0. The van der Waals surface area contributed by atoms with Crippen LogP contribution in [0.2, 0.25) is 0 Å². The SMILES string of the molecule is C[C@@H](C1CC2C(=O)N(C3CCCC(C4(CC5NNCN5C)COC4)C3)CC2C(C(F)(F)F)C1)N1CC(C)(F)C1. The average Bonchev–Trinajstić information content (AvgIpc) is 3.40. The summed E-state index contributed by atoms with van der Waals surface area (Å²) in [6.45, 7) is 6.39. The van der Waals surface area contributed by atoms with Crippen molar-refractivity contribution < 1.29 is 27.1 Å². The molecule has 0 aromatic carbocycles. The number of hydrazine groups is 1. The highest BCUT2D eigenvalue weighted by Gasteiger charge is 2.59. The molecule has 0 radical (unpaired) electrons. The van der Waals surface area contributed by atoms with Crippen LogP contribution in [0, 0.1) is 35.0 Å². The number of nitrogens with zero attached hydrogens (tertiary/aromatic N) is 3. The largest absolute Gasteiger partial charge is 0.392 e. The number of nitrogens with one attached hydrogen (secondary N) is 2. The van der Waals surface area contributed by atoms with E-state index in [9.17, 15) is 22.4 Å². The van der Waals surface area contributed by atoms with Gasteiger partial charge in [-0.2, -0.15) is 13.2 Å². The Morgan fingerprint density at radius 3 is 2.49 bits per heavy atom. The lowest BCUT2D eigenvalue weighted by Crippen LogP contribution is -2.62. The van der Waals surface area contributed by atoms with Crippen molar-refractivity contribution in [3.63, 3.8) is 0 Å². The number of halogens is 4. The minimum Gasteiger partial charge on any atom is -0.380 e. The molecule has 0 bridgehead atoms. The molecule has 11 heteroatoms. The minimum atomic E-state index is -4.34. The molecule has 4 aliphatic heterocycles. The van der Waals surface area contributed by atoms with Crippen LogP contribution < -0.4 is 10.9 Å². The number of ether oxygens (including phenoxy) is 1. The Balaban J connectivity index is 1.16. The predicted octanol–water partition coefficient (Wildman–Crippen LogP) is 3.37. The van der Waals surface area contributed by atoms with Gasteiger partial charge in [0.05, 0.1) is 32.0 Å². The van der Waals surface area contributed by atoms with E-state index in [0.717, 1.165) is 38.8 Å². The van der Waals surface area contributed by atoms with Crippen molar-refractivity contribution in [2.24, 2.45) is 35.0 Å². The highest BCUT2D eigenvalue weighted by atomic mass is 19.4. The second kappa shape index (κ2) is 10.1. The van der Waals surface area contributed by atoms with Crippen molar-refractivity contribution in [3.8, 4) is 0 Å². The highest BCUT2D eigenvalue weighted by molar-refractivity contribution is 5.82. The molecule has 0 aromatic heterocycles. The Kier molecular flexibility index (Phi) is 7.26. The molecular weight excluding hydrogens is 514 g/mol. The molecule has 0 aromatic rings. The van der Waals surface area contributed by atoms with Gasteiger partial charge in [-0.25, -0.2) is 15.2 Å². The third-order valence-corrected chi connectivity index (χ3v) is 11.4. The second-order valence-corrected chi connectivity index (χ2v) is 14.0. The topological polar surface area (TPSA) is 60.1 Å². The first-order chi connectivity index (χ1) is 18.4. The van der Waals surface area contributed by atoms with E-state index >= 15 is 0 Å². The molecule has 6 fully saturated rings. The molecule has 4 saturated heterocycles. The quantitative estimate of drug-likeness (QED) is 0.487. The van der Waals surface area contributed by atoms with Crippen LogP contribution >= 0.6 is 0 Å². The zero-order valence-electron chi connectivity index (χ0n) is 23.5. The lowest BCUT2D eigenvalue weighted by molar-refractivity contribution is -0.207. The number of carbonyl (C=O) groups is 1. The predicted molar refractivity (Wildman–Crippen MR) is 138 cm³/mol. The number of likely N-dealkylation sites (tertiary alicyclic amines) is 2. The first-order valence-corrected chi connectivity index (χ1v) is 14.9. The fourth-order valence-electron chi connectivity index (χ4n) is 8.92. The van der Waals surface area contributed by atoms with Crippen LogP contribution in [0.1, 0.15) is 58.8 Å². The maximum absolute atomic E-state index is 14.4. The highest BCUT2D eigenvalue weighted by Crippen LogP contribution is 2.54. The van der Waals surface area contributed by atoms with Gasteiger partial charge < -0.3 is 9.64 Å². The summed E-state index contributed by atoms with van der Waals surface area (Å²) in [7, 11) is 2.09. The normalized spacial score (nSPS) is 41.7. The van der Waals surface area contributed by atoms with Crippen molar-refractivity contribution in [1.29, 1.82) is 0 Å². The van der Waals surface area contributed by atoms with E-state index < -0.39 is 29.6 Å². The van der Waals surface area contributed by atoms with Gasteiger partial charge in [0.15, 0.2) is 0 Å². The van der Waals surface area contributed by atoms with Gasteiger partial charge in [-0.15, -0.1) is 0 Å². The smallest absolute Gasteiger partial charge is 0.380 e. The first kappa shape index (κ1) is 28.1. The molecule has 8 atom stereocenters. The number of amides is 1. The van der Waals surface area contributed by atoms with Gasteiger partial charge in [-0.1, -0.05) is 6.42 Å². The number of hydrogen-bond donors (Lipinski definition) is 2. The number of fused-ring (bicyclic) bond motifs is 1. The molecule has 0 spiro atoms. The number of hydrogen-bond acceptors (Lipinski definition) is 6. The van der Waals surface area contributed by atoms with Crippen LogP contribution in [0.3, 0.4) is 0 Å². The maximum atomic E-state index is 14.4. The summed E-state index contributed by atoms with van der Waals surface area (Å²) in [5, 5.41) is 0. The van der Waals surface area contributed by atoms with E-state index in [1.54, 1.807) is 6.92 Å². The van der Waals surface area contributed by atoms with Crippen LogP contribution in [0.4, 0.5) is 17.6 Å². The molecular formula is C28H45F4N5O2. The third kappa shape index (κ3) is 5.13. The van der Waals surface area contributed by atoms with Gasteiger partial charge in [-0.05, 0) is 77.2 Å². The fourth-order valence-corrected chi connectivity index (χ4v) is 8.92. The van der Waals surface area contributed by atoms with E-state index in [-0.39, 0.29) is 61.5 Å². The van der Waals surface area contributed by atoms with E-state index in [0.29, 0.717) is 25.6 Å². The maximum Gasteiger partial charge on any atom is 0.392 e. The van der Waals surface area contributed by atoms with Crippen LogP contribution in [0.5, 0.6) is 0 Å². The lowest BCUT2D eigenvalue weighted by atomic mass is 9.64. The molecule has 7 unspecified atom stereocenters. The first-order valence-electron chi connectivity index (χ1n) is 14.9. The van der Waals surface area contributed by atoms with Crippen molar-refractivity contribution in [2.45, 2.75) is 88.9 Å². The second-order valence-electron chi connectivity index (χ2n) is 14.0. The van der Waals surface area contributed by atoms with Gasteiger partial charge in [0.1, 0.15) is 5.67 Å². The summed E-state index contributed by atoms with van der Waals surface area (Å²) in [4.78, 5) is 19.9. The van der Waals surface area contributed by atoms with Gasteiger partial charge in [0.2, 0.25) is 5.91 Å². The monoisotopic (exact) mass is 559 g/mol. The summed E-state index contributed by atoms with van der Waals surface area (Å²) in [5.74, 6) is -2.66. The Labute approximate surface area is 229 Å². The van der Waals surface area contributed by atoms with E-state index in [1.165, 1.54) is 0 Å². The van der Waals surface area contributed by atoms with Crippen molar-refractivity contribution in [2.75, 3.05) is 46.6 Å². The zero-order chi connectivity index (χ0) is 27.7. The molecule has 39 heavy (non-hydrogen) atoms. The van der Waals surface area contributed by atoms with Gasteiger partial charge in [0, 0.05) is 43.1 Å². The standard InChI is InChI=1S/C28H45F4N5O2/c1-17(36-12-26(2,29)13-36)18-7-21-22(23(8-18)28(30,31)32)11-37(25(21)38)20-6-4-5-19(9-20)27(14-39-15-27)10-24-34-33-16-35(24)3/h17-24,33-34H,4-16H2,1-3H3/t17-,18?,19?,20?,21?,22?,23?,24?/m0/s1. The molecule has 6 aliphatic rings. The summed E-state index contributed by atoms with van der Waals surface area (Å²) in [6.07, 6.45) is 1.13. The van der Waals surface area contributed by atoms with E-state index in [4.69, 9.17) is 4.74 Å². The molecule has 1 amide bonds. The molecule has 2 aliphatic carbocycles. The fraction of sp³-hybridized carbons (Fsp3) is 0.964. The van der Waals surface area contributed by atoms with Crippen molar-refractivity contribution >= 4 is 5.91 Å². The molecule has 2 N–H and O–H groups in total. The van der Waals surface area contributed by atoms with Gasteiger partial charge in [-0.3, -0.25) is 14.6 Å². The summed E-state index contributed by atoms with van der Waals surface area (Å²) < 4.78 is 63.1. The third-order valence-electron chi connectivity index (χ3n) is 11.4. The molecule has 4 heterocycles. The summed E-state index contributed by atoms with van der Waals surface area (Å²) in [6, 6.07) is -0.157. The van der Waals surface area contributed by atoms with Crippen LogP contribution in [0.15, 0.2) is 0 Å². The Morgan fingerprint density at radius 2 is 1.90 bits per heavy atom. The molecule has 222 valence electrons. The number of carbonyl (C=O) groups excluding carboxylic acids is 1. The average molecular weight is 560 g/mol. The molecule has 6 rings (SSSR count). The van der Waals surface area contributed by atoms with Crippen molar-refractivity contribution in [1.82, 2.24) is 25.6 Å². The number of alkyl halides is 4. The van der Waals surface area contributed by atoms with E-state index in [2.05, 4.69) is 22.8 Å². The van der Waals surface area contributed by atoms with Crippen molar-refractivity contribution in [3.05, 3.63) is 0 Å². The Hall–Kier alpha value is -1.01. The van der Waals surface area contributed by atoms with Gasteiger partial charge in [0.25, 0.3) is 0 Å². The molecule has 7 nitrogen and oxygen atoms in total. The summed E-state index contributed by atoms with van der Waals surface area (Å²) in [5.41, 5.74) is 5.33. The molecule has 2 saturated carbocycles. The van der Waals surface area contributed by atoms with Crippen LogP contribution in [0.25, 0.3) is 0 Å². The lowest BCUT2D eigenvalue weighted by Gasteiger charge is -2.52. The minimum absolute atomic E-state index is 0.000832. The van der Waals surface area contributed by atoms with E-state index in [1.807, 2.05) is 16.7 Å². The number of rotatable bonds is 6. The van der Waals surface area contributed by atoms with Crippen LogP contribution in [-0.2, 0) is 9.53 Å². The zero-order valence-corrected chi connectivity index (χ0v) is 23.5. The van der Waals surface area contributed by atoms with Gasteiger partial charge >= 0.3 is 6.18 Å². The van der Waals surface area contributed by atoms with Crippen LogP contribution in [-0.4, -0.2) is 97.3 Å². The Bertz CT molecular complexity index is 922.